The molecule has 1 amide bonds. The van der Waals surface area contributed by atoms with E-state index < -0.39 is 0 Å². The highest BCUT2D eigenvalue weighted by Crippen LogP contribution is 2.52. The van der Waals surface area contributed by atoms with Crippen molar-refractivity contribution >= 4 is 29.0 Å². The Kier molecular flexibility index (Phi) is 4.50. The van der Waals surface area contributed by atoms with E-state index in [1.54, 1.807) is 0 Å². The molecule has 1 aromatic carbocycles. The van der Waals surface area contributed by atoms with Crippen LogP contribution in [0.1, 0.15) is 56.2 Å². The fourth-order valence-electron chi connectivity index (χ4n) is 6.08. The molecule has 0 bridgehead atoms. The second kappa shape index (κ2) is 7.16. The zero-order chi connectivity index (χ0) is 21.1. The van der Waals surface area contributed by atoms with E-state index in [1.807, 2.05) is 0 Å². The largest absolute Gasteiger partial charge is 0.371 e. The molecule has 3 aliphatic heterocycles. The predicted octanol–water partition coefficient (Wildman–Crippen LogP) is 3.93. The van der Waals surface area contributed by atoms with Crippen molar-refractivity contribution in [3.63, 3.8) is 0 Å². The molecule has 1 saturated carbocycles. The second-order valence-corrected chi connectivity index (χ2v) is 10.1. The minimum absolute atomic E-state index is 0.0600. The summed E-state index contributed by atoms with van der Waals surface area (Å²) in [7, 11) is 0. The molecule has 4 aliphatic rings. The number of benzene rings is 1. The van der Waals surface area contributed by atoms with E-state index >= 15 is 0 Å². The number of nitrogens with one attached hydrogen (secondary N) is 2. The summed E-state index contributed by atoms with van der Waals surface area (Å²) in [4.78, 5) is 14.7. The number of aryl methyl sites for hydroxylation is 1. The lowest BCUT2D eigenvalue weighted by atomic mass is 9.62. The molecule has 0 atom stereocenters. The van der Waals surface area contributed by atoms with Crippen molar-refractivity contribution in [2.75, 3.05) is 36.4 Å². The fourth-order valence-corrected chi connectivity index (χ4v) is 6.47. The number of piperidine rings is 1. The van der Waals surface area contributed by atoms with Crippen LogP contribution in [-0.4, -0.2) is 41.9 Å². The zero-order valence-electron chi connectivity index (χ0n) is 17.9. The summed E-state index contributed by atoms with van der Waals surface area (Å²) in [6, 6.07) is 9.07. The average molecular weight is 440 g/mol. The van der Waals surface area contributed by atoms with Crippen LogP contribution >= 0.6 is 11.6 Å². The Hall–Kier alpha value is -2.21. The van der Waals surface area contributed by atoms with Gasteiger partial charge in [0.1, 0.15) is 10.8 Å². The molecule has 2 saturated heterocycles. The Bertz CT molecular complexity index is 1000. The smallest absolute Gasteiger partial charge is 0.226 e. The molecule has 2 aromatic rings. The molecule has 3 fully saturated rings. The van der Waals surface area contributed by atoms with E-state index in [0.29, 0.717) is 0 Å². The summed E-state index contributed by atoms with van der Waals surface area (Å²) >= 11 is 6.83. The number of halogens is 1. The molecule has 1 aromatic heterocycles. The molecule has 0 radical (unpaired) electrons. The van der Waals surface area contributed by atoms with Gasteiger partial charge >= 0.3 is 0 Å². The van der Waals surface area contributed by atoms with Crippen molar-refractivity contribution in [2.24, 2.45) is 5.41 Å². The minimum atomic E-state index is -0.114. The first-order chi connectivity index (χ1) is 15.1. The van der Waals surface area contributed by atoms with Crippen LogP contribution in [0.15, 0.2) is 24.3 Å². The Balaban J connectivity index is 1.24. The van der Waals surface area contributed by atoms with E-state index in [-0.39, 0.29) is 16.7 Å². The quantitative estimate of drug-likeness (QED) is 0.760. The number of carbonyl (C=O) groups excluding carboxylic acids is 1. The Morgan fingerprint density at radius 3 is 2.29 bits per heavy atom. The standard InChI is InChI=1S/C24H30ClN5O/c25-19-20(28-30-14-2-12-26-21(19)30)24(7-1-8-24)17-3-5-18(6-4-17)29-15-10-23(11-16-29)9-13-27-22(23)31/h3-6,26H,1-2,7-16H2,(H,27,31). The van der Waals surface area contributed by atoms with Crippen molar-refractivity contribution in [1.82, 2.24) is 15.1 Å². The van der Waals surface area contributed by atoms with Gasteiger partial charge in [0.25, 0.3) is 0 Å². The number of fused-ring (bicyclic) bond motifs is 1. The summed E-state index contributed by atoms with van der Waals surface area (Å²) in [5.41, 5.74) is 3.45. The number of carbonyl (C=O) groups is 1. The van der Waals surface area contributed by atoms with Crippen molar-refractivity contribution in [3.05, 3.63) is 40.5 Å². The van der Waals surface area contributed by atoms with Crippen molar-refractivity contribution < 1.29 is 4.79 Å². The lowest BCUT2D eigenvalue weighted by Crippen LogP contribution is -2.44. The van der Waals surface area contributed by atoms with E-state index in [9.17, 15) is 4.79 Å². The molecule has 2 N–H and O–H groups in total. The molecule has 0 unspecified atom stereocenters. The van der Waals surface area contributed by atoms with Crippen LogP contribution in [0.3, 0.4) is 0 Å². The number of hydrogen-bond donors (Lipinski definition) is 2. The average Bonchev–Trinajstić information content (AvgIpc) is 3.29. The third-order valence-electron chi connectivity index (χ3n) is 8.27. The second-order valence-electron chi connectivity index (χ2n) is 9.77. The van der Waals surface area contributed by atoms with Gasteiger partial charge < -0.3 is 15.5 Å². The molecule has 6 nitrogen and oxygen atoms in total. The first-order valence-corrected chi connectivity index (χ1v) is 12.1. The Morgan fingerprint density at radius 1 is 0.903 bits per heavy atom. The van der Waals surface area contributed by atoms with Crippen LogP contribution < -0.4 is 15.5 Å². The zero-order valence-corrected chi connectivity index (χ0v) is 18.7. The molecule has 31 heavy (non-hydrogen) atoms. The van der Waals surface area contributed by atoms with Crippen molar-refractivity contribution in [1.29, 1.82) is 0 Å². The van der Waals surface area contributed by atoms with Gasteiger partial charge in [0.05, 0.1) is 11.1 Å². The summed E-state index contributed by atoms with van der Waals surface area (Å²) in [6.45, 7) is 4.63. The van der Waals surface area contributed by atoms with Gasteiger partial charge in [-0.15, -0.1) is 0 Å². The van der Waals surface area contributed by atoms with Gasteiger partial charge in [0, 0.05) is 43.8 Å². The summed E-state index contributed by atoms with van der Waals surface area (Å²) in [5.74, 6) is 1.26. The molecule has 164 valence electrons. The third-order valence-corrected chi connectivity index (χ3v) is 8.63. The molecule has 1 spiro atoms. The summed E-state index contributed by atoms with van der Waals surface area (Å²) < 4.78 is 2.05. The Morgan fingerprint density at radius 2 is 1.68 bits per heavy atom. The van der Waals surface area contributed by atoms with E-state index in [0.717, 1.165) is 87.8 Å². The van der Waals surface area contributed by atoms with Crippen LogP contribution in [0.5, 0.6) is 0 Å². The minimum Gasteiger partial charge on any atom is -0.371 e. The SMILES string of the molecule is O=C1NCCC12CCN(c1ccc(C3(c4nn5c(c4Cl)NCCC5)CCC3)cc1)CC2. The van der Waals surface area contributed by atoms with Crippen LogP contribution in [0.2, 0.25) is 5.02 Å². The lowest BCUT2D eigenvalue weighted by molar-refractivity contribution is -0.128. The van der Waals surface area contributed by atoms with Gasteiger partial charge in [-0.05, 0) is 56.2 Å². The van der Waals surface area contributed by atoms with E-state index in [1.165, 1.54) is 17.7 Å². The van der Waals surface area contributed by atoms with Gasteiger partial charge in [0.2, 0.25) is 5.91 Å². The highest BCUT2D eigenvalue weighted by atomic mass is 35.5. The van der Waals surface area contributed by atoms with Crippen LogP contribution in [0, 0.1) is 5.41 Å². The van der Waals surface area contributed by atoms with Crippen molar-refractivity contribution in [2.45, 2.75) is 56.9 Å². The predicted molar refractivity (Wildman–Crippen MR) is 123 cm³/mol. The number of rotatable bonds is 3. The van der Waals surface area contributed by atoms with Crippen LogP contribution in [-0.2, 0) is 16.8 Å². The van der Waals surface area contributed by atoms with E-state index in [2.05, 4.69) is 44.5 Å². The number of amides is 1. The first kappa shape index (κ1) is 19.5. The molecular formula is C24H30ClN5O. The first-order valence-electron chi connectivity index (χ1n) is 11.8. The monoisotopic (exact) mass is 439 g/mol. The number of hydrogen-bond acceptors (Lipinski definition) is 4. The molecular weight excluding hydrogens is 410 g/mol. The van der Waals surface area contributed by atoms with Gasteiger partial charge in [0.15, 0.2) is 0 Å². The lowest BCUT2D eigenvalue weighted by Gasteiger charge is -2.42. The maximum absolute atomic E-state index is 12.3. The number of aromatic nitrogens is 2. The third kappa shape index (κ3) is 2.90. The normalized spacial score (nSPS) is 23.8. The molecule has 4 heterocycles. The van der Waals surface area contributed by atoms with Gasteiger partial charge in [-0.1, -0.05) is 30.2 Å². The topological polar surface area (TPSA) is 62.2 Å². The maximum Gasteiger partial charge on any atom is 0.226 e. The number of anilines is 2. The fraction of sp³-hybridized carbons (Fsp3) is 0.583. The Labute approximate surface area is 188 Å². The highest BCUT2D eigenvalue weighted by Gasteiger charge is 2.46. The van der Waals surface area contributed by atoms with Crippen LogP contribution in [0.25, 0.3) is 0 Å². The highest BCUT2D eigenvalue weighted by molar-refractivity contribution is 6.33. The molecule has 6 rings (SSSR count). The maximum atomic E-state index is 12.3. The van der Waals surface area contributed by atoms with Gasteiger partial charge in [-0.2, -0.15) is 5.10 Å². The summed E-state index contributed by atoms with van der Waals surface area (Å²) in [5, 5.41) is 12.2. The number of nitrogens with zero attached hydrogens (tertiary/aromatic N) is 3. The summed E-state index contributed by atoms with van der Waals surface area (Å²) in [6.07, 6.45) is 7.40. The van der Waals surface area contributed by atoms with Gasteiger partial charge in [-0.25, -0.2) is 4.68 Å². The molecule has 7 heteroatoms. The van der Waals surface area contributed by atoms with Gasteiger partial charge in [-0.3, -0.25) is 4.79 Å². The van der Waals surface area contributed by atoms with Crippen molar-refractivity contribution in [3.8, 4) is 0 Å². The van der Waals surface area contributed by atoms with Crippen LogP contribution in [0.4, 0.5) is 11.5 Å². The van der Waals surface area contributed by atoms with E-state index in [4.69, 9.17) is 16.7 Å². The molecule has 1 aliphatic carbocycles.